The van der Waals surface area contributed by atoms with Crippen molar-refractivity contribution in [3.63, 3.8) is 0 Å². The molecule has 4 nitrogen and oxygen atoms in total. The maximum atomic E-state index is 10.2. The minimum Gasteiger partial charge on any atom is -0.395 e. The number of rotatable bonds is 4. The van der Waals surface area contributed by atoms with Gasteiger partial charge in [0.2, 0.25) is 0 Å². The molecule has 22 heavy (non-hydrogen) atoms. The van der Waals surface area contributed by atoms with Gasteiger partial charge in [-0.2, -0.15) is 0 Å². The molecule has 0 saturated heterocycles. The lowest BCUT2D eigenvalue weighted by atomic mass is 9.99. The van der Waals surface area contributed by atoms with E-state index < -0.39 is 6.10 Å². The third-order valence-corrected chi connectivity index (χ3v) is 3.45. The van der Waals surface area contributed by atoms with Crippen molar-refractivity contribution in [3.05, 3.63) is 59.1 Å². The fourth-order valence-electron chi connectivity index (χ4n) is 2.14. The second kappa shape index (κ2) is 7.20. The predicted molar refractivity (Wildman–Crippen MR) is 87.9 cm³/mol. The van der Waals surface area contributed by atoms with Crippen molar-refractivity contribution in [2.75, 3.05) is 0 Å². The molecule has 1 unspecified atom stereocenters. The van der Waals surface area contributed by atoms with E-state index in [9.17, 15) is 5.11 Å². The fourth-order valence-corrected chi connectivity index (χ4v) is 2.38. The topological polar surface area (TPSA) is 78.9 Å². The number of nitrogens with two attached hydrogens (primary N) is 1. The van der Waals surface area contributed by atoms with Gasteiger partial charge in [-0.1, -0.05) is 48.0 Å². The molecular weight excluding hydrogens is 300 g/mol. The van der Waals surface area contributed by atoms with E-state index >= 15 is 0 Å². The first-order chi connectivity index (χ1) is 10.5. The molecule has 1 atom stereocenters. The number of nitrogens with one attached hydrogen (secondary N) is 1. The van der Waals surface area contributed by atoms with E-state index in [2.05, 4.69) is 0 Å². The number of hydrogen-bond donors (Lipinski definition) is 3. The second-order valence-corrected chi connectivity index (χ2v) is 5.37. The number of benzene rings is 2. The lowest BCUT2D eigenvalue weighted by Gasteiger charge is -2.13. The Morgan fingerprint density at radius 2 is 2.00 bits per heavy atom. The van der Waals surface area contributed by atoms with Crippen molar-refractivity contribution in [1.29, 1.82) is 5.41 Å². The Bertz CT molecular complexity index is 701. The summed E-state index contributed by atoms with van der Waals surface area (Å²) in [4.78, 5) is 0. The Morgan fingerprint density at radius 1 is 1.27 bits per heavy atom. The van der Waals surface area contributed by atoms with Crippen LogP contribution in [0.2, 0.25) is 5.02 Å². The van der Waals surface area contributed by atoms with Gasteiger partial charge in [-0.15, -0.1) is 0 Å². The van der Waals surface area contributed by atoms with Crippen LogP contribution in [0.4, 0.5) is 0 Å². The summed E-state index contributed by atoms with van der Waals surface area (Å²) in [5, 5.41) is 23.9. The van der Waals surface area contributed by atoms with Gasteiger partial charge >= 0.3 is 5.90 Å². The highest BCUT2D eigenvalue weighted by molar-refractivity contribution is 6.33. The van der Waals surface area contributed by atoms with Crippen LogP contribution < -0.4 is 5.41 Å². The molecule has 0 aromatic heterocycles. The van der Waals surface area contributed by atoms with Gasteiger partial charge in [-0.05, 0) is 23.3 Å². The van der Waals surface area contributed by atoms with Crippen molar-refractivity contribution < 1.29 is 15.3 Å². The molecule has 0 fully saturated rings. The summed E-state index contributed by atoms with van der Waals surface area (Å²) in [7, 11) is 0. The minimum atomic E-state index is -0.839. The van der Waals surface area contributed by atoms with Gasteiger partial charge in [0.25, 0.3) is 0 Å². The van der Waals surface area contributed by atoms with Crippen LogP contribution in [0, 0.1) is 5.41 Å². The third-order valence-electron chi connectivity index (χ3n) is 3.12. The minimum absolute atomic E-state index is 0.0561. The Hall–Kier alpha value is -2.17. The van der Waals surface area contributed by atoms with Gasteiger partial charge in [-0.3, -0.25) is 5.41 Å². The standard InChI is InChI=1S/C17H17ClN2O2/c1-11(19)22-17(20)10-16(21)13-6-4-5-12(9-13)14-7-2-3-8-15(14)18/h2-9,16,19-21H,10H2,1H3/p+1. The molecule has 0 bridgehead atoms. The molecule has 2 rings (SSSR count). The molecule has 0 radical (unpaired) electrons. The Morgan fingerprint density at radius 3 is 2.68 bits per heavy atom. The Kier molecular flexibility index (Phi) is 5.31. The van der Waals surface area contributed by atoms with Gasteiger partial charge < -0.3 is 9.84 Å². The van der Waals surface area contributed by atoms with Crippen molar-refractivity contribution >= 4 is 23.4 Å². The molecule has 5 heteroatoms. The van der Waals surface area contributed by atoms with Crippen molar-refractivity contribution in [2.24, 2.45) is 0 Å². The first kappa shape index (κ1) is 16.2. The average Bonchev–Trinajstić information content (AvgIpc) is 2.47. The molecular formula is C17H18ClN2O2+. The molecule has 0 saturated carbocycles. The fraction of sp³-hybridized carbons (Fsp3) is 0.176. The van der Waals surface area contributed by atoms with Crippen LogP contribution in [0.3, 0.4) is 0 Å². The highest BCUT2D eigenvalue weighted by atomic mass is 35.5. The Labute approximate surface area is 134 Å². The lowest BCUT2D eigenvalue weighted by molar-refractivity contribution is -0.133. The summed E-state index contributed by atoms with van der Waals surface area (Å²) in [6.45, 7) is 1.55. The van der Waals surface area contributed by atoms with Crippen molar-refractivity contribution in [1.82, 2.24) is 0 Å². The van der Waals surface area contributed by atoms with Gasteiger partial charge in [0.1, 0.15) is 0 Å². The van der Waals surface area contributed by atoms with Crippen LogP contribution in [-0.2, 0) is 4.74 Å². The predicted octanol–water partition coefficient (Wildman–Crippen LogP) is 2.60. The van der Waals surface area contributed by atoms with E-state index in [0.29, 0.717) is 10.6 Å². The number of aliphatic hydroxyl groups excluding tert-OH is 1. The Balaban J connectivity index is 2.20. The van der Waals surface area contributed by atoms with Crippen LogP contribution in [0.25, 0.3) is 11.1 Å². The van der Waals surface area contributed by atoms with Crippen LogP contribution in [0.5, 0.6) is 0 Å². The maximum absolute atomic E-state index is 10.2. The smallest absolute Gasteiger partial charge is 0.336 e. The van der Waals surface area contributed by atoms with Crippen LogP contribution in [-0.4, -0.2) is 16.9 Å². The molecule has 0 amide bonds. The van der Waals surface area contributed by atoms with Crippen LogP contribution in [0.1, 0.15) is 25.0 Å². The first-order valence-corrected chi connectivity index (χ1v) is 7.22. The molecule has 4 N–H and O–H groups in total. The highest BCUT2D eigenvalue weighted by Gasteiger charge is 2.14. The van der Waals surface area contributed by atoms with Crippen molar-refractivity contribution in [2.45, 2.75) is 19.4 Å². The van der Waals surface area contributed by atoms with Gasteiger partial charge in [-0.25, -0.2) is 5.41 Å². The van der Waals surface area contributed by atoms with Crippen molar-refractivity contribution in [3.8, 4) is 11.1 Å². The summed E-state index contributed by atoms with van der Waals surface area (Å²) in [5.74, 6) is 0.109. The largest absolute Gasteiger partial charge is 0.395 e. The molecule has 0 aliphatic carbocycles. The van der Waals surface area contributed by atoms with E-state index in [1.165, 1.54) is 0 Å². The number of aliphatic hydroxyl groups is 1. The monoisotopic (exact) mass is 317 g/mol. The average molecular weight is 318 g/mol. The normalized spacial score (nSPS) is 11.8. The van der Waals surface area contributed by atoms with Gasteiger partial charge in [0, 0.05) is 10.6 Å². The summed E-state index contributed by atoms with van der Waals surface area (Å²) in [6, 6.07) is 15.0. The summed E-state index contributed by atoms with van der Waals surface area (Å²) in [6.07, 6.45) is -0.783. The SMILES string of the molecule is CC(=[NH2+])OC(=N)CC(O)c1cccc(-c2ccccc2Cl)c1. The quantitative estimate of drug-likeness (QED) is 0.598. The zero-order valence-corrected chi connectivity index (χ0v) is 13.0. The van der Waals surface area contributed by atoms with Gasteiger partial charge in [0.15, 0.2) is 5.90 Å². The lowest BCUT2D eigenvalue weighted by Crippen LogP contribution is -2.40. The number of halogens is 1. The van der Waals surface area contributed by atoms with E-state index in [1.807, 2.05) is 42.5 Å². The molecule has 0 heterocycles. The molecule has 0 aliphatic rings. The highest BCUT2D eigenvalue weighted by Crippen LogP contribution is 2.30. The molecule has 2 aromatic carbocycles. The first-order valence-electron chi connectivity index (χ1n) is 6.84. The summed E-state index contributed by atoms with van der Waals surface area (Å²) >= 11 is 6.20. The number of ether oxygens (including phenoxy) is 1. The van der Waals surface area contributed by atoms with E-state index in [1.54, 1.807) is 13.0 Å². The van der Waals surface area contributed by atoms with E-state index in [4.69, 9.17) is 27.2 Å². The molecule has 0 spiro atoms. The van der Waals surface area contributed by atoms with Crippen LogP contribution in [0.15, 0.2) is 48.5 Å². The summed E-state index contributed by atoms with van der Waals surface area (Å²) in [5.41, 5.74) is 2.51. The second-order valence-electron chi connectivity index (χ2n) is 4.96. The zero-order valence-electron chi connectivity index (χ0n) is 12.2. The number of hydrogen-bond acceptors (Lipinski definition) is 3. The van der Waals surface area contributed by atoms with Gasteiger partial charge in [0.05, 0.1) is 19.4 Å². The molecule has 0 aliphatic heterocycles. The zero-order chi connectivity index (χ0) is 16.1. The van der Waals surface area contributed by atoms with E-state index in [-0.39, 0.29) is 18.2 Å². The third kappa shape index (κ3) is 4.16. The van der Waals surface area contributed by atoms with Crippen LogP contribution >= 0.6 is 11.6 Å². The molecule has 114 valence electrons. The molecule has 2 aromatic rings. The van der Waals surface area contributed by atoms with E-state index in [0.717, 1.165) is 11.1 Å². The summed E-state index contributed by atoms with van der Waals surface area (Å²) < 4.78 is 4.97. The maximum Gasteiger partial charge on any atom is 0.336 e.